The zero-order valence-electron chi connectivity index (χ0n) is 18.6. The van der Waals surface area contributed by atoms with Crippen LogP contribution < -0.4 is 9.64 Å². The molecule has 0 saturated carbocycles. The van der Waals surface area contributed by atoms with E-state index < -0.39 is 0 Å². The second-order valence-electron chi connectivity index (χ2n) is 8.33. The van der Waals surface area contributed by atoms with Gasteiger partial charge in [-0.2, -0.15) is 0 Å². The summed E-state index contributed by atoms with van der Waals surface area (Å²) in [7, 11) is 1.72. The fraction of sp³-hybridized carbons (Fsp3) is 0.296. The quantitative estimate of drug-likeness (QED) is 0.433. The predicted molar refractivity (Wildman–Crippen MR) is 127 cm³/mol. The first-order valence-corrected chi connectivity index (χ1v) is 11.1. The van der Waals surface area contributed by atoms with Gasteiger partial charge in [0.1, 0.15) is 5.75 Å². The summed E-state index contributed by atoms with van der Waals surface area (Å²) < 4.78 is 7.94. The maximum Gasteiger partial charge on any atom is 0.153 e. The van der Waals surface area contributed by atoms with Crippen molar-refractivity contribution < 1.29 is 4.74 Å². The summed E-state index contributed by atoms with van der Waals surface area (Å²) in [6, 6.07) is 19.3. The van der Waals surface area contributed by atoms with Crippen LogP contribution in [0.1, 0.15) is 34.9 Å². The Morgan fingerprint density at radius 1 is 1.03 bits per heavy atom. The van der Waals surface area contributed by atoms with Crippen molar-refractivity contribution in [3.8, 4) is 5.75 Å². The molecule has 0 radical (unpaired) electrons. The van der Waals surface area contributed by atoms with Crippen molar-refractivity contribution in [1.29, 1.82) is 0 Å². The Hall–Kier alpha value is -3.27. The van der Waals surface area contributed by atoms with Crippen molar-refractivity contribution in [2.75, 3.05) is 18.6 Å². The Morgan fingerprint density at radius 3 is 2.68 bits per heavy atom. The van der Waals surface area contributed by atoms with Gasteiger partial charge in [0.05, 0.1) is 12.6 Å². The van der Waals surface area contributed by atoms with Crippen molar-refractivity contribution in [3.63, 3.8) is 0 Å². The van der Waals surface area contributed by atoms with Gasteiger partial charge in [-0.1, -0.05) is 43.3 Å². The van der Waals surface area contributed by atoms with Crippen LogP contribution in [0.15, 0.2) is 60.8 Å². The molecule has 0 saturated heterocycles. The van der Waals surface area contributed by atoms with E-state index in [1.807, 2.05) is 12.3 Å². The predicted octanol–water partition coefficient (Wildman–Crippen LogP) is 5.53. The van der Waals surface area contributed by atoms with Gasteiger partial charge in [0.25, 0.3) is 0 Å². The molecule has 0 unspecified atom stereocenters. The van der Waals surface area contributed by atoms with Crippen LogP contribution in [0.4, 0.5) is 5.82 Å². The van der Waals surface area contributed by atoms with E-state index in [9.17, 15) is 0 Å². The molecule has 0 amide bonds. The van der Waals surface area contributed by atoms with Crippen LogP contribution in [0.25, 0.3) is 10.9 Å². The molecule has 4 heteroatoms. The summed E-state index contributed by atoms with van der Waals surface area (Å²) in [4.78, 5) is 7.36. The van der Waals surface area contributed by atoms with Crippen molar-refractivity contribution in [3.05, 3.63) is 88.7 Å². The number of nitrogens with zero attached hydrogens (tertiary/aromatic N) is 3. The summed E-state index contributed by atoms with van der Waals surface area (Å²) in [6.07, 6.45) is 4.03. The highest BCUT2D eigenvalue weighted by atomic mass is 16.5. The summed E-state index contributed by atoms with van der Waals surface area (Å²) in [5.74, 6) is 1.99. The highest BCUT2D eigenvalue weighted by Gasteiger charge is 2.23. The van der Waals surface area contributed by atoms with Crippen LogP contribution in [0, 0.1) is 6.92 Å². The molecule has 4 aromatic rings. The molecular weight excluding hydrogens is 382 g/mol. The molecule has 0 fully saturated rings. The third-order valence-corrected chi connectivity index (χ3v) is 6.58. The third kappa shape index (κ3) is 3.46. The number of hydrogen-bond donors (Lipinski definition) is 0. The number of methoxy groups -OCH3 is 1. The number of aromatic nitrogens is 2. The van der Waals surface area contributed by atoms with Crippen LogP contribution in [0.5, 0.6) is 5.75 Å². The van der Waals surface area contributed by atoms with Crippen molar-refractivity contribution in [2.45, 2.75) is 39.8 Å². The number of ether oxygens (including phenoxy) is 1. The number of hydrogen-bond acceptors (Lipinski definition) is 3. The number of rotatable bonds is 5. The molecule has 0 atom stereocenters. The lowest BCUT2D eigenvalue weighted by Crippen LogP contribution is -2.31. The molecule has 2 aromatic carbocycles. The molecule has 5 rings (SSSR count). The van der Waals surface area contributed by atoms with Gasteiger partial charge < -0.3 is 14.2 Å². The summed E-state index contributed by atoms with van der Waals surface area (Å²) in [5, 5.41) is 1.31. The largest absolute Gasteiger partial charge is 0.497 e. The molecular formula is C27H29N3O. The van der Waals surface area contributed by atoms with Gasteiger partial charge in [-0.05, 0) is 60.2 Å². The van der Waals surface area contributed by atoms with Crippen LogP contribution in [0.3, 0.4) is 0 Å². The second-order valence-corrected chi connectivity index (χ2v) is 8.33. The van der Waals surface area contributed by atoms with E-state index in [1.54, 1.807) is 7.11 Å². The molecule has 31 heavy (non-hydrogen) atoms. The summed E-state index contributed by atoms with van der Waals surface area (Å²) in [5.41, 5.74) is 8.10. The lowest BCUT2D eigenvalue weighted by Gasteiger charge is -2.30. The normalized spacial score (nSPS) is 13.5. The van der Waals surface area contributed by atoms with Crippen LogP contribution in [-0.4, -0.2) is 23.2 Å². The minimum Gasteiger partial charge on any atom is -0.497 e. The topological polar surface area (TPSA) is 30.3 Å². The molecule has 4 nitrogen and oxygen atoms in total. The van der Waals surface area contributed by atoms with Gasteiger partial charge in [0.15, 0.2) is 5.82 Å². The van der Waals surface area contributed by atoms with E-state index in [0.29, 0.717) is 0 Å². The Kier molecular flexibility index (Phi) is 5.14. The van der Waals surface area contributed by atoms with E-state index in [-0.39, 0.29) is 0 Å². The number of benzene rings is 2. The minimum absolute atomic E-state index is 0.813. The minimum atomic E-state index is 0.813. The van der Waals surface area contributed by atoms with Gasteiger partial charge >= 0.3 is 0 Å². The Labute approximate surface area is 184 Å². The first-order valence-electron chi connectivity index (χ1n) is 11.1. The van der Waals surface area contributed by atoms with E-state index in [4.69, 9.17) is 9.72 Å². The molecule has 1 aliphatic heterocycles. The summed E-state index contributed by atoms with van der Waals surface area (Å²) >= 11 is 0. The zero-order valence-corrected chi connectivity index (χ0v) is 18.6. The molecule has 0 aliphatic carbocycles. The highest BCUT2D eigenvalue weighted by Crippen LogP contribution is 2.35. The van der Waals surface area contributed by atoms with Gasteiger partial charge in [-0.3, -0.25) is 0 Å². The standard InChI is InChI=1S/C27H29N3O/c1-4-25-19(2)24-12-14-28-27(29-15-13-21-9-5-6-10-22(21)18-29)26(24)30(25)17-20-8-7-11-23(16-20)31-3/h5-12,14,16H,4,13,15,17-18H2,1-3H3. The number of aryl methyl sites for hydroxylation is 1. The Bertz CT molecular complexity index is 1240. The Balaban J connectivity index is 1.63. The van der Waals surface area contributed by atoms with Crippen LogP contribution >= 0.6 is 0 Å². The SMILES string of the molecule is CCc1c(C)c2ccnc(N3CCc4ccccc4C3)c2n1Cc1cccc(OC)c1. The molecule has 158 valence electrons. The van der Waals surface area contributed by atoms with Crippen molar-refractivity contribution >= 4 is 16.7 Å². The second kappa shape index (κ2) is 8.10. The van der Waals surface area contributed by atoms with Gasteiger partial charge in [-0.15, -0.1) is 0 Å². The number of fused-ring (bicyclic) bond motifs is 2. The van der Waals surface area contributed by atoms with Gasteiger partial charge in [0, 0.05) is 36.9 Å². The highest BCUT2D eigenvalue weighted by molar-refractivity contribution is 5.93. The lowest BCUT2D eigenvalue weighted by atomic mass is 10.00. The average molecular weight is 412 g/mol. The van der Waals surface area contributed by atoms with E-state index in [0.717, 1.165) is 44.0 Å². The zero-order chi connectivity index (χ0) is 21.4. The molecule has 1 aliphatic rings. The fourth-order valence-corrected chi connectivity index (χ4v) is 5.00. The summed E-state index contributed by atoms with van der Waals surface area (Å²) in [6.45, 7) is 7.21. The average Bonchev–Trinajstić information content (AvgIpc) is 3.09. The van der Waals surface area contributed by atoms with Crippen molar-refractivity contribution in [2.24, 2.45) is 0 Å². The first kappa shape index (κ1) is 19.7. The maximum atomic E-state index is 5.46. The van der Waals surface area contributed by atoms with Crippen LogP contribution in [0.2, 0.25) is 0 Å². The van der Waals surface area contributed by atoms with E-state index in [2.05, 4.69) is 71.8 Å². The molecule has 0 N–H and O–H groups in total. The van der Waals surface area contributed by atoms with E-state index in [1.165, 1.54) is 38.9 Å². The van der Waals surface area contributed by atoms with Gasteiger partial charge in [0.2, 0.25) is 0 Å². The smallest absolute Gasteiger partial charge is 0.153 e. The fourth-order valence-electron chi connectivity index (χ4n) is 5.00. The number of pyridine rings is 1. The lowest BCUT2D eigenvalue weighted by molar-refractivity contribution is 0.414. The Morgan fingerprint density at radius 2 is 1.87 bits per heavy atom. The molecule has 3 heterocycles. The number of anilines is 1. The van der Waals surface area contributed by atoms with Crippen LogP contribution in [-0.2, 0) is 25.9 Å². The molecule has 0 bridgehead atoms. The van der Waals surface area contributed by atoms with E-state index >= 15 is 0 Å². The first-order chi connectivity index (χ1) is 15.2. The molecule has 2 aromatic heterocycles. The third-order valence-electron chi connectivity index (χ3n) is 6.58. The monoisotopic (exact) mass is 411 g/mol. The van der Waals surface area contributed by atoms with Gasteiger partial charge in [-0.25, -0.2) is 4.98 Å². The van der Waals surface area contributed by atoms with Crippen molar-refractivity contribution in [1.82, 2.24) is 9.55 Å². The molecule has 0 spiro atoms. The maximum absolute atomic E-state index is 5.46.